The van der Waals surface area contributed by atoms with Crippen molar-refractivity contribution in [1.82, 2.24) is 0 Å². The van der Waals surface area contributed by atoms with Gasteiger partial charge in [0.25, 0.3) is 19.7 Å². The van der Waals surface area contributed by atoms with Gasteiger partial charge in [-0.3, -0.25) is 0 Å². The molecule has 0 atom stereocenters. The number of hydrogen-bond donors (Lipinski definition) is 0. The van der Waals surface area contributed by atoms with Crippen molar-refractivity contribution in [3.63, 3.8) is 0 Å². The van der Waals surface area contributed by atoms with E-state index < -0.39 is 40.5 Å². The minimum absolute atomic E-state index is 0.0139. The average Bonchev–Trinajstić information content (AvgIpc) is 2.73. The molecule has 0 aliphatic carbocycles. The molecule has 0 amide bonds. The van der Waals surface area contributed by atoms with Gasteiger partial charge in [-0.15, -0.1) is 0 Å². The van der Waals surface area contributed by atoms with Crippen LogP contribution in [0.2, 0.25) is 0 Å². The number of ether oxygens (including phenoxy) is 2. The van der Waals surface area contributed by atoms with E-state index >= 15 is 0 Å². The minimum Gasteiger partial charge on any atom is -0.457 e. The van der Waals surface area contributed by atoms with Crippen LogP contribution in [0.4, 0.5) is 26.3 Å². The average molecular weight is 526 g/mol. The smallest absolute Gasteiger partial charge is 0.457 e. The first-order valence-electron chi connectivity index (χ1n) is 8.90. The highest BCUT2D eigenvalue weighted by Gasteiger charge is 2.47. The Balaban J connectivity index is 1.74. The Morgan fingerprint density at radius 2 is 0.824 bits per heavy atom. The molecule has 0 unspecified atom stereocenters. The van der Waals surface area contributed by atoms with E-state index in [1.165, 1.54) is 24.3 Å². The van der Waals surface area contributed by atoms with E-state index in [0.717, 1.165) is 48.5 Å². The first kappa shape index (κ1) is 25.4. The molecule has 34 heavy (non-hydrogen) atoms. The second-order valence-electron chi connectivity index (χ2n) is 6.52. The summed E-state index contributed by atoms with van der Waals surface area (Å²) < 4.78 is 132. The largest absolute Gasteiger partial charge is 0.501 e. The molecule has 0 heterocycles. The summed E-state index contributed by atoms with van der Waals surface area (Å²) in [6.07, 6.45) is 0. The molecule has 0 saturated carbocycles. The van der Waals surface area contributed by atoms with Crippen LogP contribution in [0, 0.1) is 0 Å². The zero-order valence-corrected chi connectivity index (χ0v) is 18.1. The molecule has 6 nitrogen and oxygen atoms in total. The summed E-state index contributed by atoms with van der Waals surface area (Å²) in [7, 11) is -11.0. The number of benzene rings is 3. The maximum absolute atomic E-state index is 12.6. The first-order valence-corrected chi connectivity index (χ1v) is 11.9. The van der Waals surface area contributed by atoms with Gasteiger partial charge in [-0.05, 0) is 60.7 Å². The minimum atomic E-state index is -5.50. The molecule has 0 bridgehead atoms. The van der Waals surface area contributed by atoms with Gasteiger partial charge in [-0.25, -0.2) is 16.8 Å². The van der Waals surface area contributed by atoms with Crippen LogP contribution in [0.15, 0.2) is 82.6 Å². The van der Waals surface area contributed by atoms with Gasteiger partial charge in [0.05, 0.1) is 9.79 Å². The van der Waals surface area contributed by atoms with Gasteiger partial charge in [-0.1, -0.05) is 6.07 Å². The lowest BCUT2D eigenvalue weighted by Crippen LogP contribution is -2.23. The lowest BCUT2D eigenvalue weighted by atomic mass is 10.3. The molecule has 0 aromatic heterocycles. The van der Waals surface area contributed by atoms with Crippen LogP contribution in [-0.2, 0) is 19.7 Å². The van der Waals surface area contributed by atoms with Gasteiger partial charge in [0.2, 0.25) is 0 Å². The Hall–Kier alpha value is -3.26. The lowest BCUT2D eigenvalue weighted by Gasteiger charge is -2.11. The van der Waals surface area contributed by atoms with Gasteiger partial charge < -0.3 is 9.47 Å². The fourth-order valence-corrected chi connectivity index (χ4v) is 4.04. The quantitative estimate of drug-likeness (QED) is 0.374. The van der Waals surface area contributed by atoms with Crippen LogP contribution < -0.4 is 9.47 Å². The Morgan fingerprint density at radius 1 is 0.500 bits per heavy atom. The summed E-state index contributed by atoms with van der Waals surface area (Å²) in [6, 6.07) is 12.7. The fraction of sp³-hybridized carbons (Fsp3) is 0.100. The number of rotatable bonds is 6. The van der Waals surface area contributed by atoms with E-state index in [2.05, 4.69) is 0 Å². The van der Waals surface area contributed by atoms with E-state index in [4.69, 9.17) is 9.47 Å². The van der Waals surface area contributed by atoms with E-state index in [9.17, 15) is 43.2 Å². The second-order valence-corrected chi connectivity index (χ2v) is 10.4. The molecule has 3 rings (SSSR count). The molecule has 0 aliphatic rings. The van der Waals surface area contributed by atoms with E-state index in [1.54, 1.807) is 0 Å². The highest BCUT2D eigenvalue weighted by molar-refractivity contribution is 7.92. The van der Waals surface area contributed by atoms with Gasteiger partial charge >= 0.3 is 11.0 Å². The lowest BCUT2D eigenvalue weighted by molar-refractivity contribution is -0.0442. The Bertz CT molecular complexity index is 1270. The molecule has 0 saturated heterocycles. The van der Waals surface area contributed by atoms with Crippen molar-refractivity contribution in [1.29, 1.82) is 0 Å². The molecule has 0 fully saturated rings. The predicted molar refractivity (Wildman–Crippen MR) is 106 cm³/mol. The SMILES string of the molecule is O=S(=O)(c1ccc(Oc2cccc(Oc3ccc(S(=O)(=O)C(F)(F)F)cc3)c2)cc1)C(F)(F)F. The third-order valence-electron chi connectivity index (χ3n) is 4.15. The summed E-state index contributed by atoms with van der Waals surface area (Å²) in [6.45, 7) is 0. The zero-order chi connectivity index (χ0) is 25.4. The number of alkyl halides is 6. The summed E-state index contributed by atoms with van der Waals surface area (Å²) in [5.74, 6) is 0.306. The van der Waals surface area contributed by atoms with Gasteiger partial charge in [0, 0.05) is 6.07 Å². The van der Waals surface area contributed by atoms with Crippen LogP contribution >= 0.6 is 0 Å². The van der Waals surface area contributed by atoms with Crippen molar-refractivity contribution in [2.45, 2.75) is 20.8 Å². The van der Waals surface area contributed by atoms with Gasteiger partial charge in [0.1, 0.15) is 23.0 Å². The zero-order valence-electron chi connectivity index (χ0n) is 16.5. The Kier molecular flexibility index (Phi) is 6.59. The van der Waals surface area contributed by atoms with Gasteiger partial charge in [0.15, 0.2) is 0 Å². The van der Waals surface area contributed by atoms with E-state index in [1.807, 2.05) is 0 Å². The first-order chi connectivity index (χ1) is 15.6. The normalized spacial score (nSPS) is 12.9. The van der Waals surface area contributed by atoms with Crippen LogP contribution in [-0.4, -0.2) is 27.9 Å². The van der Waals surface area contributed by atoms with Gasteiger partial charge in [-0.2, -0.15) is 26.3 Å². The summed E-state index contributed by atoms with van der Waals surface area (Å²) in [5, 5.41) is 0. The molecule has 14 heteroatoms. The molecular weight excluding hydrogens is 514 g/mol. The van der Waals surface area contributed by atoms with Crippen molar-refractivity contribution in [3.8, 4) is 23.0 Å². The molecule has 0 aliphatic heterocycles. The van der Waals surface area contributed by atoms with Crippen molar-refractivity contribution >= 4 is 19.7 Å². The van der Waals surface area contributed by atoms with E-state index in [0.29, 0.717) is 0 Å². The van der Waals surface area contributed by atoms with Crippen molar-refractivity contribution in [3.05, 3.63) is 72.8 Å². The van der Waals surface area contributed by atoms with E-state index in [-0.39, 0.29) is 23.0 Å². The molecule has 0 N–H and O–H groups in total. The molecule has 3 aromatic carbocycles. The Morgan fingerprint density at radius 3 is 1.12 bits per heavy atom. The summed E-state index contributed by atoms with van der Waals surface area (Å²) in [4.78, 5) is -1.92. The molecular formula is C20H12F6O6S2. The van der Waals surface area contributed by atoms with Crippen LogP contribution in [0.3, 0.4) is 0 Å². The molecule has 3 aromatic rings. The molecule has 0 radical (unpaired) electrons. The molecule has 182 valence electrons. The summed E-state index contributed by atoms with van der Waals surface area (Å²) >= 11 is 0. The topological polar surface area (TPSA) is 86.7 Å². The highest BCUT2D eigenvalue weighted by atomic mass is 32.2. The highest BCUT2D eigenvalue weighted by Crippen LogP contribution is 2.34. The number of hydrogen-bond acceptors (Lipinski definition) is 6. The second kappa shape index (κ2) is 8.83. The Labute approximate surface area is 189 Å². The van der Waals surface area contributed by atoms with Crippen LogP contribution in [0.5, 0.6) is 23.0 Å². The monoisotopic (exact) mass is 526 g/mol. The predicted octanol–water partition coefficient (Wildman–Crippen LogP) is 5.86. The van der Waals surface area contributed by atoms with Crippen molar-refractivity contribution in [2.24, 2.45) is 0 Å². The maximum atomic E-state index is 12.6. The fourth-order valence-electron chi connectivity index (χ4n) is 2.51. The third-order valence-corrected chi connectivity index (χ3v) is 7.16. The summed E-state index contributed by atoms with van der Waals surface area (Å²) in [5.41, 5.74) is -10.9. The van der Waals surface area contributed by atoms with Crippen LogP contribution in [0.1, 0.15) is 0 Å². The van der Waals surface area contributed by atoms with Crippen LogP contribution in [0.25, 0.3) is 0 Å². The standard InChI is InChI=1S/C20H12F6O6S2/c21-19(22,23)33(27,28)17-8-4-13(5-9-17)31-15-2-1-3-16(12-15)32-14-6-10-18(11-7-14)34(29,30)20(24,25)26/h1-12H. The number of halogens is 6. The van der Waals surface area contributed by atoms with Crippen molar-refractivity contribution < 1.29 is 52.7 Å². The number of sulfone groups is 2. The maximum Gasteiger partial charge on any atom is 0.501 e. The third kappa shape index (κ3) is 5.28. The molecule has 0 spiro atoms. The van der Waals surface area contributed by atoms with Crippen molar-refractivity contribution in [2.75, 3.05) is 0 Å².